The minimum atomic E-state index is -0.845. The number of anilines is 1. The van der Waals surface area contributed by atoms with Gasteiger partial charge < -0.3 is 0 Å². The van der Waals surface area contributed by atoms with E-state index >= 15 is 0 Å². The van der Waals surface area contributed by atoms with Crippen molar-refractivity contribution in [3.63, 3.8) is 0 Å². The molecule has 80 valence electrons. The Balaban J connectivity index is 3.09. The van der Waals surface area contributed by atoms with Crippen molar-refractivity contribution >= 4 is 11.4 Å². The molecule has 1 aromatic carbocycles. The molecule has 0 radical (unpaired) electrons. The molecule has 4 nitrogen and oxygen atoms in total. The summed E-state index contributed by atoms with van der Waals surface area (Å²) in [4.78, 5) is 0. The molecule has 0 saturated heterocycles. The summed E-state index contributed by atoms with van der Waals surface area (Å²) in [6, 6.07) is 5.25. The topological polar surface area (TPSA) is 72.0 Å². The van der Waals surface area contributed by atoms with Gasteiger partial charge in [0.15, 0.2) is 11.6 Å². The summed E-state index contributed by atoms with van der Waals surface area (Å²) in [5, 5.41) is 20.0. The molecule has 0 spiro atoms. The van der Waals surface area contributed by atoms with E-state index in [1.54, 1.807) is 0 Å². The first-order chi connectivity index (χ1) is 7.60. The number of hydrazone groups is 1. The van der Waals surface area contributed by atoms with E-state index in [2.05, 4.69) is 5.10 Å². The number of hydrogen-bond acceptors (Lipinski definition) is 4. The summed E-state index contributed by atoms with van der Waals surface area (Å²) < 4.78 is 26.5. The highest BCUT2D eigenvalue weighted by Gasteiger charge is 2.10. The van der Waals surface area contributed by atoms with Crippen molar-refractivity contribution in [1.82, 2.24) is 0 Å². The number of halogens is 2. The van der Waals surface area contributed by atoms with Crippen molar-refractivity contribution in [2.24, 2.45) is 5.10 Å². The molecule has 0 amide bonds. The molecule has 0 aliphatic rings. The van der Waals surface area contributed by atoms with E-state index < -0.39 is 23.0 Å². The number of aryl methyl sites for hydroxylation is 1. The van der Waals surface area contributed by atoms with E-state index in [4.69, 9.17) is 10.5 Å². The molecule has 0 unspecified atom stereocenters. The predicted octanol–water partition coefficient (Wildman–Crippen LogP) is 2.09. The van der Waals surface area contributed by atoms with Crippen molar-refractivity contribution in [2.75, 3.05) is 5.43 Å². The highest BCUT2D eigenvalue weighted by Crippen LogP contribution is 2.21. The van der Waals surface area contributed by atoms with Gasteiger partial charge in [-0.1, -0.05) is 6.07 Å². The maximum atomic E-state index is 13.4. The SMILES string of the molecule is Cc1ccc(F)c(NN=C(C#N)C#N)c1F. The van der Waals surface area contributed by atoms with Gasteiger partial charge in [-0.15, -0.1) is 0 Å². The lowest BCUT2D eigenvalue weighted by atomic mass is 10.2. The molecule has 0 aromatic heterocycles. The van der Waals surface area contributed by atoms with Gasteiger partial charge in [-0.3, -0.25) is 5.43 Å². The molecule has 0 aliphatic carbocycles. The first kappa shape index (κ1) is 11.6. The molecule has 0 saturated carbocycles. The Morgan fingerprint density at radius 3 is 2.50 bits per heavy atom. The van der Waals surface area contributed by atoms with Crippen LogP contribution in [0.25, 0.3) is 0 Å². The second kappa shape index (κ2) is 4.85. The Morgan fingerprint density at radius 2 is 1.94 bits per heavy atom. The summed E-state index contributed by atoms with van der Waals surface area (Å²) >= 11 is 0. The van der Waals surface area contributed by atoms with E-state index in [1.807, 2.05) is 5.43 Å². The summed E-state index contributed by atoms with van der Waals surface area (Å²) in [5.41, 5.74) is 1.25. The van der Waals surface area contributed by atoms with Gasteiger partial charge in [0, 0.05) is 0 Å². The monoisotopic (exact) mass is 220 g/mol. The molecule has 1 rings (SSSR count). The van der Waals surface area contributed by atoms with Crippen LogP contribution in [0, 0.1) is 41.2 Å². The summed E-state index contributed by atoms with van der Waals surface area (Å²) in [5.74, 6) is -1.65. The number of nitrogens with one attached hydrogen (secondary N) is 1. The van der Waals surface area contributed by atoms with Crippen molar-refractivity contribution in [2.45, 2.75) is 6.92 Å². The summed E-state index contributed by atoms with van der Waals surface area (Å²) in [6.45, 7) is 1.46. The molecule has 6 heteroatoms. The van der Waals surface area contributed by atoms with Gasteiger partial charge in [-0.2, -0.15) is 15.6 Å². The zero-order valence-corrected chi connectivity index (χ0v) is 8.25. The maximum absolute atomic E-state index is 13.4. The quantitative estimate of drug-likeness (QED) is 0.612. The van der Waals surface area contributed by atoms with Crippen LogP contribution in [0.15, 0.2) is 17.2 Å². The van der Waals surface area contributed by atoms with E-state index in [-0.39, 0.29) is 5.56 Å². The van der Waals surface area contributed by atoms with E-state index in [9.17, 15) is 8.78 Å². The first-order valence-corrected chi connectivity index (χ1v) is 4.18. The number of nitrogens with zero attached hydrogens (tertiary/aromatic N) is 3. The number of nitriles is 2. The number of rotatable bonds is 2. The third kappa shape index (κ3) is 2.31. The molecular weight excluding hydrogens is 214 g/mol. The van der Waals surface area contributed by atoms with E-state index in [0.717, 1.165) is 6.07 Å². The Labute approximate surface area is 90.4 Å². The van der Waals surface area contributed by atoms with Crippen LogP contribution in [0.3, 0.4) is 0 Å². The van der Waals surface area contributed by atoms with Crippen LogP contribution >= 0.6 is 0 Å². The molecular formula is C10H6F2N4. The van der Waals surface area contributed by atoms with Crippen LogP contribution in [0.4, 0.5) is 14.5 Å². The molecule has 0 heterocycles. The minimum Gasteiger partial charge on any atom is -0.271 e. The fourth-order valence-electron chi connectivity index (χ4n) is 0.946. The van der Waals surface area contributed by atoms with Gasteiger partial charge in [0.25, 0.3) is 0 Å². The van der Waals surface area contributed by atoms with Crippen LogP contribution in [-0.4, -0.2) is 5.71 Å². The zero-order chi connectivity index (χ0) is 12.1. The predicted molar refractivity (Wildman–Crippen MR) is 53.4 cm³/mol. The average Bonchev–Trinajstić information content (AvgIpc) is 2.29. The first-order valence-electron chi connectivity index (χ1n) is 4.18. The molecule has 0 bridgehead atoms. The van der Waals surface area contributed by atoms with Crippen molar-refractivity contribution in [3.8, 4) is 12.1 Å². The largest absolute Gasteiger partial charge is 0.271 e. The molecule has 0 atom stereocenters. The second-order valence-corrected chi connectivity index (χ2v) is 2.85. The zero-order valence-electron chi connectivity index (χ0n) is 8.25. The minimum absolute atomic E-state index is 0.231. The third-order valence-electron chi connectivity index (χ3n) is 1.78. The number of benzene rings is 1. The summed E-state index contributed by atoms with van der Waals surface area (Å²) in [7, 11) is 0. The molecule has 0 aliphatic heterocycles. The van der Waals surface area contributed by atoms with Crippen LogP contribution in [0.1, 0.15) is 5.56 Å². The fraction of sp³-hybridized carbons (Fsp3) is 0.100. The van der Waals surface area contributed by atoms with Crippen LogP contribution < -0.4 is 5.43 Å². The highest BCUT2D eigenvalue weighted by atomic mass is 19.1. The van der Waals surface area contributed by atoms with Gasteiger partial charge in [0.1, 0.15) is 17.8 Å². The second-order valence-electron chi connectivity index (χ2n) is 2.85. The normalized spacial score (nSPS) is 8.81. The lowest BCUT2D eigenvalue weighted by molar-refractivity contribution is 0.583. The Kier molecular flexibility index (Phi) is 3.52. The summed E-state index contributed by atoms with van der Waals surface area (Å²) in [6.07, 6.45) is 0. The third-order valence-corrected chi connectivity index (χ3v) is 1.78. The van der Waals surface area contributed by atoms with Gasteiger partial charge in [0.2, 0.25) is 5.71 Å². The van der Waals surface area contributed by atoms with Gasteiger partial charge in [-0.25, -0.2) is 8.78 Å². The lowest BCUT2D eigenvalue weighted by Crippen LogP contribution is -2.01. The smallest absolute Gasteiger partial charge is 0.237 e. The van der Waals surface area contributed by atoms with Gasteiger partial charge in [-0.05, 0) is 18.6 Å². The lowest BCUT2D eigenvalue weighted by Gasteiger charge is -2.05. The maximum Gasteiger partial charge on any atom is 0.237 e. The van der Waals surface area contributed by atoms with Crippen molar-refractivity contribution in [1.29, 1.82) is 10.5 Å². The highest BCUT2D eigenvalue weighted by molar-refractivity contribution is 6.10. The van der Waals surface area contributed by atoms with E-state index in [0.29, 0.717) is 0 Å². The van der Waals surface area contributed by atoms with Crippen LogP contribution in [-0.2, 0) is 0 Å². The van der Waals surface area contributed by atoms with Gasteiger partial charge in [0.05, 0.1) is 0 Å². The van der Waals surface area contributed by atoms with Crippen molar-refractivity contribution in [3.05, 3.63) is 29.3 Å². The van der Waals surface area contributed by atoms with Crippen molar-refractivity contribution < 1.29 is 8.78 Å². The van der Waals surface area contributed by atoms with Gasteiger partial charge >= 0.3 is 0 Å². The number of hydrogen-bond donors (Lipinski definition) is 1. The fourth-order valence-corrected chi connectivity index (χ4v) is 0.946. The van der Waals surface area contributed by atoms with Crippen LogP contribution in [0.5, 0.6) is 0 Å². The van der Waals surface area contributed by atoms with Crippen LogP contribution in [0.2, 0.25) is 0 Å². The Bertz CT molecular complexity index is 507. The van der Waals surface area contributed by atoms with E-state index in [1.165, 1.54) is 25.1 Å². The molecule has 16 heavy (non-hydrogen) atoms. The Hall–Kier alpha value is -2.47. The molecule has 0 fully saturated rings. The average molecular weight is 220 g/mol. The standard InChI is InChI=1S/C10H6F2N4/c1-6-2-3-8(11)10(9(6)12)16-15-7(4-13)5-14/h2-3,16H,1H3. The molecule has 1 aromatic rings. The molecule has 1 N–H and O–H groups in total. The Morgan fingerprint density at radius 1 is 1.31 bits per heavy atom.